The van der Waals surface area contributed by atoms with Crippen molar-refractivity contribution in [2.75, 3.05) is 11.4 Å². The van der Waals surface area contributed by atoms with Gasteiger partial charge >= 0.3 is 6.03 Å². The molecule has 0 aromatic heterocycles. The minimum atomic E-state index is -3.53. The highest BCUT2D eigenvalue weighted by Crippen LogP contribution is 2.31. The molecule has 1 aliphatic heterocycles. The molecule has 2 saturated carbocycles. The largest absolute Gasteiger partial charge is 0.335 e. The number of sulfonamides is 1. The van der Waals surface area contributed by atoms with Gasteiger partial charge in [0.15, 0.2) is 0 Å². The van der Waals surface area contributed by atoms with Gasteiger partial charge in [0, 0.05) is 24.3 Å². The lowest BCUT2D eigenvalue weighted by Gasteiger charge is -2.27. The van der Waals surface area contributed by atoms with Gasteiger partial charge in [-0.25, -0.2) is 17.9 Å². The summed E-state index contributed by atoms with van der Waals surface area (Å²) in [6.45, 7) is 2.83. The van der Waals surface area contributed by atoms with E-state index in [9.17, 15) is 13.2 Å². The highest BCUT2D eigenvalue weighted by atomic mass is 32.2. The van der Waals surface area contributed by atoms with Crippen molar-refractivity contribution >= 4 is 21.7 Å². The minimum Gasteiger partial charge on any atom is -0.335 e. The van der Waals surface area contributed by atoms with Crippen LogP contribution >= 0.6 is 0 Å². The molecule has 29 heavy (non-hydrogen) atoms. The zero-order chi connectivity index (χ0) is 20.4. The number of carbonyl (C=O) groups excluding carboxylic acids is 1. The van der Waals surface area contributed by atoms with Gasteiger partial charge in [-0.3, -0.25) is 4.90 Å². The van der Waals surface area contributed by atoms with Gasteiger partial charge in [-0.1, -0.05) is 26.2 Å². The Labute approximate surface area is 174 Å². The van der Waals surface area contributed by atoms with E-state index in [1.54, 1.807) is 23.1 Å². The average Bonchev–Trinajstić information content (AvgIpc) is 3.14. The van der Waals surface area contributed by atoms with Gasteiger partial charge in [0.1, 0.15) is 0 Å². The lowest BCUT2D eigenvalue weighted by atomic mass is 9.88. The van der Waals surface area contributed by atoms with Crippen LogP contribution in [0.25, 0.3) is 0 Å². The molecule has 1 aromatic carbocycles. The smallest absolute Gasteiger partial charge is 0.322 e. The lowest BCUT2D eigenvalue weighted by Crippen LogP contribution is -2.45. The summed E-state index contributed by atoms with van der Waals surface area (Å²) in [5, 5.41) is 3.16. The summed E-state index contributed by atoms with van der Waals surface area (Å²) in [5.41, 5.74) is 1.77. The fourth-order valence-corrected chi connectivity index (χ4v) is 6.28. The first kappa shape index (κ1) is 20.7. The van der Waals surface area contributed by atoms with Crippen LogP contribution in [0.4, 0.5) is 10.5 Å². The molecule has 4 rings (SSSR count). The third-order valence-corrected chi connectivity index (χ3v) is 8.29. The van der Waals surface area contributed by atoms with Crippen LogP contribution in [0.15, 0.2) is 23.1 Å². The van der Waals surface area contributed by atoms with Gasteiger partial charge in [-0.2, -0.15) is 0 Å². The number of urea groups is 1. The molecule has 0 spiro atoms. The molecule has 2 amide bonds. The van der Waals surface area contributed by atoms with Crippen LogP contribution < -0.4 is 14.9 Å². The second kappa shape index (κ2) is 8.64. The van der Waals surface area contributed by atoms with Crippen LogP contribution in [0, 0.1) is 5.92 Å². The Kier molecular flexibility index (Phi) is 6.16. The molecular weight excluding hydrogens is 386 g/mol. The topological polar surface area (TPSA) is 78.5 Å². The normalized spacial score (nSPS) is 25.6. The van der Waals surface area contributed by atoms with Gasteiger partial charge in [0.2, 0.25) is 10.0 Å². The van der Waals surface area contributed by atoms with E-state index in [0.717, 1.165) is 49.8 Å². The van der Waals surface area contributed by atoms with Crippen molar-refractivity contribution in [3.63, 3.8) is 0 Å². The Morgan fingerprint density at radius 1 is 1.00 bits per heavy atom. The van der Waals surface area contributed by atoms with Crippen molar-refractivity contribution < 1.29 is 13.2 Å². The van der Waals surface area contributed by atoms with Crippen LogP contribution in [-0.4, -0.2) is 33.1 Å². The van der Waals surface area contributed by atoms with Crippen LogP contribution in [0.5, 0.6) is 0 Å². The number of fused-ring (bicyclic) bond motifs is 1. The first-order valence-corrected chi connectivity index (χ1v) is 12.6. The van der Waals surface area contributed by atoms with Crippen molar-refractivity contribution in [3.05, 3.63) is 23.8 Å². The van der Waals surface area contributed by atoms with E-state index in [2.05, 4.69) is 17.0 Å². The van der Waals surface area contributed by atoms with Gasteiger partial charge in [-0.05, 0) is 74.6 Å². The summed E-state index contributed by atoms with van der Waals surface area (Å²) in [7, 11) is -3.53. The molecule has 0 bridgehead atoms. The highest BCUT2D eigenvalue weighted by molar-refractivity contribution is 7.89. The van der Waals surface area contributed by atoms with E-state index < -0.39 is 10.0 Å². The molecule has 3 aliphatic rings. The Morgan fingerprint density at radius 3 is 2.45 bits per heavy atom. The number of nitrogens with one attached hydrogen (secondary N) is 2. The molecule has 0 radical (unpaired) electrons. The third kappa shape index (κ3) is 4.77. The summed E-state index contributed by atoms with van der Waals surface area (Å²) in [5.74, 6) is 0.682. The fourth-order valence-electron chi connectivity index (χ4n) is 4.92. The summed E-state index contributed by atoms with van der Waals surface area (Å²) in [6.07, 6.45) is 10.4. The Hall–Kier alpha value is -1.60. The monoisotopic (exact) mass is 419 g/mol. The molecule has 0 saturated heterocycles. The standard InChI is InChI=1S/C22H33N3O3S/c1-16-7-9-19(10-8-16)24-29(27,28)20-11-12-21-17(15-20)13-14-25(21)22(26)23-18-5-3-2-4-6-18/h11-12,15-16,18-19,24H,2-10,13-14H2,1H3,(H,23,26). The van der Waals surface area contributed by atoms with Crippen molar-refractivity contribution in [2.45, 2.75) is 88.1 Å². The van der Waals surface area contributed by atoms with Crippen molar-refractivity contribution in [3.8, 4) is 0 Å². The van der Waals surface area contributed by atoms with E-state index in [1.165, 1.54) is 19.3 Å². The number of amides is 2. The SMILES string of the molecule is CC1CCC(NS(=O)(=O)c2ccc3c(c2)CCN3C(=O)NC2CCCCC2)CC1. The Balaban J connectivity index is 1.43. The van der Waals surface area contributed by atoms with E-state index >= 15 is 0 Å². The zero-order valence-corrected chi connectivity index (χ0v) is 18.1. The number of carbonyl (C=O) groups is 1. The van der Waals surface area contributed by atoms with E-state index in [4.69, 9.17) is 0 Å². The first-order chi connectivity index (χ1) is 13.9. The van der Waals surface area contributed by atoms with Crippen LogP contribution in [-0.2, 0) is 16.4 Å². The summed E-state index contributed by atoms with van der Waals surface area (Å²) in [6, 6.07) is 5.42. The summed E-state index contributed by atoms with van der Waals surface area (Å²) in [4.78, 5) is 14.8. The molecule has 2 aliphatic carbocycles. The first-order valence-electron chi connectivity index (χ1n) is 11.2. The Morgan fingerprint density at radius 2 is 1.72 bits per heavy atom. The quantitative estimate of drug-likeness (QED) is 0.776. The average molecular weight is 420 g/mol. The second-order valence-corrected chi connectivity index (χ2v) is 10.8. The number of rotatable bonds is 4. The van der Waals surface area contributed by atoms with Gasteiger partial charge in [-0.15, -0.1) is 0 Å². The Bertz CT molecular complexity index is 841. The molecule has 6 nitrogen and oxygen atoms in total. The molecule has 1 heterocycles. The molecule has 0 unspecified atom stereocenters. The van der Waals surface area contributed by atoms with Crippen molar-refractivity contribution in [1.29, 1.82) is 0 Å². The van der Waals surface area contributed by atoms with Gasteiger partial charge < -0.3 is 5.32 Å². The maximum Gasteiger partial charge on any atom is 0.322 e. The molecule has 2 fully saturated rings. The molecular formula is C22H33N3O3S. The number of benzene rings is 1. The number of hydrogen-bond donors (Lipinski definition) is 2. The minimum absolute atomic E-state index is 0.0298. The highest BCUT2D eigenvalue weighted by Gasteiger charge is 2.29. The van der Waals surface area contributed by atoms with Crippen LogP contribution in [0.2, 0.25) is 0 Å². The van der Waals surface area contributed by atoms with Gasteiger partial charge in [0.25, 0.3) is 0 Å². The maximum atomic E-state index is 12.9. The predicted molar refractivity (Wildman–Crippen MR) is 115 cm³/mol. The second-order valence-electron chi connectivity index (χ2n) is 9.05. The molecule has 2 N–H and O–H groups in total. The number of hydrogen-bond acceptors (Lipinski definition) is 3. The maximum absolute atomic E-state index is 12.9. The number of anilines is 1. The third-order valence-electron chi connectivity index (χ3n) is 6.77. The zero-order valence-electron chi connectivity index (χ0n) is 17.3. The van der Waals surface area contributed by atoms with Crippen LogP contribution in [0.1, 0.15) is 70.3 Å². The molecule has 1 aromatic rings. The van der Waals surface area contributed by atoms with E-state index in [-0.39, 0.29) is 18.1 Å². The van der Waals surface area contributed by atoms with E-state index in [1.807, 2.05) is 0 Å². The van der Waals surface area contributed by atoms with E-state index in [0.29, 0.717) is 23.8 Å². The summed E-state index contributed by atoms with van der Waals surface area (Å²) >= 11 is 0. The summed E-state index contributed by atoms with van der Waals surface area (Å²) < 4.78 is 28.6. The number of nitrogens with zero attached hydrogens (tertiary/aromatic N) is 1. The fraction of sp³-hybridized carbons (Fsp3) is 0.682. The van der Waals surface area contributed by atoms with Crippen molar-refractivity contribution in [2.24, 2.45) is 5.92 Å². The van der Waals surface area contributed by atoms with Gasteiger partial charge in [0.05, 0.1) is 4.90 Å². The lowest BCUT2D eigenvalue weighted by molar-refractivity contribution is 0.238. The molecule has 7 heteroatoms. The molecule has 0 atom stereocenters. The van der Waals surface area contributed by atoms with Crippen molar-refractivity contribution in [1.82, 2.24) is 10.0 Å². The molecule has 160 valence electrons. The van der Waals surface area contributed by atoms with Crippen LogP contribution in [0.3, 0.4) is 0 Å². The predicted octanol–water partition coefficient (Wildman–Crippen LogP) is 3.95.